The predicted molar refractivity (Wildman–Crippen MR) is 84.2 cm³/mol. The van der Waals surface area contributed by atoms with E-state index in [1.54, 1.807) is 5.56 Å². The van der Waals surface area contributed by atoms with Crippen LogP contribution < -0.4 is 10.2 Å². The van der Waals surface area contributed by atoms with Crippen molar-refractivity contribution in [3.63, 3.8) is 0 Å². The molecule has 2 fully saturated rings. The molecule has 2 heterocycles. The zero-order valence-corrected chi connectivity index (χ0v) is 12.3. The van der Waals surface area contributed by atoms with Gasteiger partial charge in [0.15, 0.2) is 0 Å². The Labute approximate surface area is 121 Å². The third kappa shape index (κ3) is 1.89. The van der Waals surface area contributed by atoms with Crippen LogP contribution in [0.25, 0.3) is 0 Å². The lowest BCUT2D eigenvalue weighted by molar-refractivity contribution is 0.481. The van der Waals surface area contributed by atoms with E-state index in [1.807, 2.05) is 0 Å². The third-order valence-corrected chi connectivity index (χ3v) is 5.50. The highest BCUT2D eigenvalue weighted by Gasteiger charge is 2.37. The minimum absolute atomic E-state index is 0.610. The molecule has 20 heavy (non-hydrogen) atoms. The molecule has 4 rings (SSSR count). The molecule has 1 aromatic carbocycles. The van der Waals surface area contributed by atoms with Crippen LogP contribution in [0.3, 0.4) is 0 Å². The number of benzene rings is 1. The molecule has 0 spiro atoms. The summed E-state index contributed by atoms with van der Waals surface area (Å²) in [7, 11) is 0. The van der Waals surface area contributed by atoms with Crippen LogP contribution in [0.1, 0.15) is 31.2 Å². The van der Waals surface area contributed by atoms with E-state index in [0.29, 0.717) is 12.0 Å². The SMILES string of the molecule is C[C@@H]1CCCN1c1ccccc1C1C=CC2CNCC21. The van der Waals surface area contributed by atoms with Crippen LogP contribution in [0.15, 0.2) is 36.4 Å². The zero-order valence-electron chi connectivity index (χ0n) is 12.3. The van der Waals surface area contributed by atoms with Gasteiger partial charge >= 0.3 is 0 Å². The maximum Gasteiger partial charge on any atom is 0.0407 e. The van der Waals surface area contributed by atoms with Crippen molar-refractivity contribution in [3.05, 3.63) is 42.0 Å². The highest BCUT2D eigenvalue weighted by atomic mass is 15.2. The summed E-state index contributed by atoms with van der Waals surface area (Å²) < 4.78 is 0. The summed E-state index contributed by atoms with van der Waals surface area (Å²) in [5, 5.41) is 3.56. The molecule has 1 aliphatic carbocycles. The molecule has 0 radical (unpaired) electrons. The zero-order chi connectivity index (χ0) is 13.5. The van der Waals surface area contributed by atoms with Crippen molar-refractivity contribution in [2.45, 2.75) is 31.7 Å². The van der Waals surface area contributed by atoms with E-state index in [4.69, 9.17) is 0 Å². The summed E-state index contributed by atoms with van der Waals surface area (Å²) in [6.45, 7) is 5.93. The van der Waals surface area contributed by atoms with Crippen LogP contribution in [-0.2, 0) is 0 Å². The molecule has 4 atom stereocenters. The number of fused-ring (bicyclic) bond motifs is 1. The Morgan fingerprint density at radius 2 is 2.05 bits per heavy atom. The van der Waals surface area contributed by atoms with Gasteiger partial charge in [0, 0.05) is 30.7 Å². The molecule has 2 heteroatoms. The molecule has 0 aromatic heterocycles. The molecule has 3 aliphatic rings. The number of hydrogen-bond donors (Lipinski definition) is 1. The second-order valence-corrected chi connectivity index (χ2v) is 6.64. The smallest absolute Gasteiger partial charge is 0.0407 e. The van der Waals surface area contributed by atoms with Gasteiger partial charge in [-0.05, 0) is 49.8 Å². The van der Waals surface area contributed by atoms with Crippen LogP contribution in [-0.4, -0.2) is 25.7 Å². The predicted octanol–water partition coefficient (Wildman–Crippen LogP) is 3.16. The standard InChI is InChI=1S/C18H24N2/c1-13-5-4-10-20(13)18-7-3-2-6-16(18)15-9-8-14-11-19-12-17(14)15/h2-3,6-9,13-15,17,19H,4-5,10-12H2,1H3/t13-,14?,15?,17?/m1/s1. The van der Waals surface area contributed by atoms with Crippen molar-refractivity contribution in [3.8, 4) is 0 Å². The van der Waals surface area contributed by atoms with Gasteiger partial charge in [0.2, 0.25) is 0 Å². The van der Waals surface area contributed by atoms with E-state index in [1.165, 1.54) is 38.2 Å². The Kier molecular flexibility index (Phi) is 3.07. The molecule has 0 amide bonds. The van der Waals surface area contributed by atoms with Crippen LogP contribution in [0.5, 0.6) is 0 Å². The van der Waals surface area contributed by atoms with E-state index in [2.05, 4.69) is 53.6 Å². The van der Waals surface area contributed by atoms with Gasteiger partial charge in [-0.15, -0.1) is 0 Å². The monoisotopic (exact) mass is 268 g/mol. The topological polar surface area (TPSA) is 15.3 Å². The van der Waals surface area contributed by atoms with E-state index in [0.717, 1.165) is 11.8 Å². The van der Waals surface area contributed by atoms with Crippen molar-refractivity contribution in [1.82, 2.24) is 5.32 Å². The molecule has 1 aromatic rings. The number of para-hydroxylation sites is 1. The van der Waals surface area contributed by atoms with Gasteiger partial charge in [-0.2, -0.15) is 0 Å². The Morgan fingerprint density at radius 3 is 2.90 bits per heavy atom. The Bertz CT molecular complexity index is 522. The molecule has 2 aliphatic heterocycles. The van der Waals surface area contributed by atoms with Crippen LogP contribution in [0.2, 0.25) is 0 Å². The van der Waals surface area contributed by atoms with Crippen LogP contribution in [0, 0.1) is 11.8 Å². The van der Waals surface area contributed by atoms with Crippen molar-refractivity contribution in [2.75, 3.05) is 24.5 Å². The van der Waals surface area contributed by atoms with Gasteiger partial charge in [-0.3, -0.25) is 0 Å². The maximum absolute atomic E-state index is 3.56. The van der Waals surface area contributed by atoms with Gasteiger partial charge in [0.25, 0.3) is 0 Å². The fourth-order valence-electron chi connectivity index (χ4n) is 4.39. The average molecular weight is 268 g/mol. The second kappa shape index (κ2) is 4.92. The van der Waals surface area contributed by atoms with Gasteiger partial charge in [-0.25, -0.2) is 0 Å². The summed E-state index contributed by atoms with van der Waals surface area (Å²) in [4.78, 5) is 2.62. The lowest BCUT2D eigenvalue weighted by Crippen LogP contribution is -2.28. The van der Waals surface area contributed by atoms with Gasteiger partial charge in [-0.1, -0.05) is 30.4 Å². The van der Waals surface area contributed by atoms with E-state index >= 15 is 0 Å². The van der Waals surface area contributed by atoms with Gasteiger partial charge in [0.1, 0.15) is 0 Å². The fraction of sp³-hybridized carbons (Fsp3) is 0.556. The molecule has 0 bridgehead atoms. The lowest BCUT2D eigenvalue weighted by Gasteiger charge is -2.29. The summed E-state index contributed by atoms with van der Waals surface area (Å²) >= 11 is 0. The second-order valence-electron chi connectivity index (χ2n) is 6.64. The number of nitrogens with zero attached hydrogens (tertiary/aromatic N) is 1. The Balaban J connectivity index is 1.70. The lowest BCUT2D eigenvalue weighted by atomic mass is 9.85. The highest BCUT2D eigenvalue weighted by molar-refractivity contribution is 5.58. The van der Waals surface area contributed by atoms with E-state index in [-0.39, 0.29) is 0 Å². The Hall–Kier alpha value is -1.28. The Morgan fingerprint density at radius 1 is 1.15 bits per heavy atom. The van der Waals surface area contributed by atoms with Crippen molar-refractivity contribution in [2.24, 2.45) is 11.8 Å². The molecule has 2 nitrogen and oxygen atoms in total. The molecule has 2 saturated heterocycles. The van der Waals surface area contributed by atoms with Gasteiger partial charge in [0.05, 0.1) is 0 Å². The van der Waals surface area contributed by atoms with Gasteiger partial charge < -0.3 is 10.2 Å². The molecule has 106 valence electrons. The fourth-order valence-corrected chi connectivity index (χ4v) is 4.39. The molecule has 3 unspecified atom stereocenters. The molecular formula is C18H24N2. The summed E-state index contributed by atoms with van der Waals surface area (Å²) in [6, 6.07) is 9.80. The highest BCUT2D eigenvalue weighted by Crippen LogP contribution is 2.44. The van der Waals surface area contributed by atoms with Crippen LogP contribution in [0.4, 0.5) is 5.69 Å². The van der Waals surface area contributed by atoms with Crippen molar-refractivity contribution in [1.29, 1.82) is 0 Å². The molecule has 0 saturated carbocycles. The quantitative estimate of drug-likeness (QED) is 0.829. The third-order valence-electron chi connectivity index (χ3n) is 5.50. The molecule has 1 N–H and O–H groups in total. The summed E-state index contributed by atoms with van der Waals surface area (Å²) in [5.74, 6) is 2.14. The number of nitrogens with one attached hydrogen (secondary N) is 1. The first-order chi connectivity index (χ1) is 9.84. The number of allylic oxidation sites excluding steroid dienone is 1. The minimum Gasteiger partial charge on any atom is -0.369 e. The normalized spacial score (nSPS) is 35.8. The summed E-state index contributed by atoms with van der Waals surface area (Å²) in [5.41, 5.74) is 3.04. The van der Waals surface area contributed by atoms with Crippen molar-refractivity contribution >= 4 is 5.69 Å². The summed E-state index contributed by atoms with van der Waals surface area (Å²) in [6.07, 6.45) is 7.58. The number of anilines is 1. The van der Waals surface area contributed by atoms with Crippen molar-refractivity contribution < 1.29 is 0 Å². The number of hydrogen-bond acceptors (Lipinski definition) is 2. The average Bonchev–Trinajstić information content (AvgIpc) is 3.14. The largest absolute Gasteiger partial charge is 0.369 e. The van der Waals surface area contributed by atoms with Crippen LogP contribution >= 0.6 is 0 Å². The van der Waals surface area contributed by atoms with E-state index < -0.39 is 0 Å². The first kappa shape index (κ1) is 12.5. The van der Waals surface area contributed by atoms with E-state index in [9.17, 15) is 0 Å². The number of rotatable bonds is 2. The first-order valence-electron chi connectivity index (χ1n) is 8.09. The minimum atomic E-state index is 0.610. The first-order valence-corrected chi connectivity index (χ1v) is 8.09. The molecular weight excluding hydrogens is 244 g/mol. The maximum atomic E-state index is 3.56.